The van der Waals surface area contributed by atoms with Crippen LogP contribution in [-0.4, -0.2) is 29.4 Å². The third-order valence-electron chi connectivity index (χ3n) is 2.74. The van der Waals surface area contributed by atoms with Crippen LogP contribution in [0.1, 0.15) is 40.5 Å². The molecule has 1 aliphatic rings. The van der Waals surface area contributed by atoms with Crippen molar-refractivity contribution in [2.24, 2.45) is 11.1 Å². The second-order valence-corrected chi connectivity index (χ2v) is 5.72. The summed E-state index contributed by atoms with van der Waals surface area (Å²) in [5.41, 5.74) is 5.33. The SMILES string of the molecule is CC1(C)CCCN(C(=O)C(C)(C)N)C1. The Kier molecular flexibility index (Phi) is 2.91. The van der Waals surface area contributed by atoms with E-state index >= 15 is 0 Å². The van der Waals surface area contributed by atoms with Crippen LogP contribution in [0.4, 0.5) is 0 Å². The molecular formula is C11H22N2O. The van der Waals surface area contributed by atoms with Crippen LogP contribution in [0.5, 0.6) is 0 Å². The molecule has 1 amide bonds. The smallest absolute Gasteiger partial charge is 0.242 e. The molecular weight excluding hydrogens is 176 g/mol. The lowest BCUT2D eigenvalue weighted by molar-refractivity contribution is -0.138. The molecule has 3 heteroatoms. The Labute approximate surface area is 86.6 Å². The normalized spacial score (nSPS) is 22.2. The predicted octanol–water partition coefficient (Wildman–Crippen LogP) is 1.37. The van der Waals surface area contributed by atoms with Gasteiger partial charge in [-0.3, -0.25) is 4.79 Å². The van der Waals surface area contributed by atoms with Crippen LogP contribution in [-0.2, 0) is 4.79 Å². The molecule has 1 aliphatic heterocycles. The standard InChI is InChI=1S/C11H22N2O/c1-10(2)6-5-7-13(8-10)9(14)11(3,4)12/h5-8,12H2,1-4H3. The number of carbonyl (C=O) groups excluding carboxylic acids is 1. The molecule has 0 atom stereocenters. The van der Waals surface area contributed by atoms with Gasteiger partial charge in [-0.25, -0.2) is 0 Å². The zero-order valence-corrected chi connectivity index (χ0v) is 9.76. The van der Waals surface area contributed by atoms with E-state index in [1.807, 2.05) is 4.90 Å². The van der Waals surface area contributed by atoms with E-state index < -0.39 is 5.54 Å². The largest absolute Gasteiger partial charge is 0.341 e. The summed E-state index contributed by atoms with van der Waals surface area (Å²) in [7, 11) is 0. The fourth-order valence-corrected chi connectivity index (χ4v) is 2.00. The van der Waals surface area contributed by atoms with Crippen LogP contribution in [0.15, 0.2) is 0 Å². The summed E-state index contributed by atoms with van der Waals surface area (Å²) >= 11 is 0. The highest BCUT2D eigenvalue weighted by atomic mass is 16.2. The summed E-state index contributed by atoms with van der Waals surface area (Å²) in [6.07, 6.45) is 2.29. The van der Waals surface area contributed by atoms with Crippen LogP contribution in [0, 0.1) is 5.41 Å². The fourth-order valence-electron chi connectivity index (χ4n) is 2.00. The summed E-state index contributed by atoms with van der Waals surface area (Å²) in [5.74, 6) is 0.0743. The Morgan fingerprint density at radius 1 is 1.43 bits per heavy atom. The average Bonchev–Trinajstić information content (AvgIpc) is 1.99. The van der Waals surface area contributed by atoms with Gasteiger partial charge >= 0.3 is 0 Å². The van der Waals surface area contributed by atoms with Crippen molar-refractivity contribution in [3.63, 3.8) is 0 Å². The van der Waals surface area contributed by atoms with Crippen molar-refractivity contribution >= 4 is 5.91 Å². The topological polar surface area (TPSA) is 46.3 Å². The Morgan fingerprint density at radius 2 is 2.00 bits per heavy atom. The summed E-state index contributed by atoms with van der Waals surface area (Å²) in [4.78, 5) is 13.8. The van der Waals surface area contributed by atoms with Gasteiger partial charge < -0.3 is 10.6 Å². The first-order chi connectivity index (χ1) is 6.22. The van der Waals surface area contributed by atoms with Gasteiger partial charge in [0, 0.05) is 13.1 Å². The van der Waals surface area contributed by atoms with Gasteiger partial charge in [0.1, 0.15) is 0 Å². The molecule has 0 saturated carbocycles. The second kappa shape index (κ2) is 3.54. The maximum Gasteiger partial charge on any atom is 0.242 e. The molecule has 1 saturated heterocycles. The molecule has 0 bridgehead atoms. The second-order valence-electron chi connectivity index (χ2n) is 5.72. The molecule has 0 unspecified atom stereocenters. The summed E-state index contributed by atoms with van der Waals surface area (Å²) in [6, 6.07) is 0. The number of carbonyl (C=O) groups is 1. The van der Waals surface area contributed by atoms with E-state index in [-0.39, 0.29) is 11.3 Å². The zero-order valence-electron chi connectivity index (χ0n) is 9.76. The molecule has 1 heterocycles. The van der Waals surface area contributed by atoms with Crippen molar-refractivity contribution in [2.75, 3.05) is 13.1 Å². The highest BCUT2D eigenvalue weighted by molar-refractivity contribution is 5.85. The van der Waals surface area contributed by atoms with E-state index in [0.717, 1.165) is 19.5 Å². The zero-order chi connectivity index (χ0) is 11.0. The van der Waals surface area contributed by atoms with Gasteiger partial charge in [-0.15, -0.1) is 0 Å². The van der Waals surface area contributed by atoms with Gasteiger partial charge in [0.25, 0.3) is 0 Å². The average molecular weight is 198 g/mol. The Hall–Kier alpha value is -0.570. The summed E-state index contributed by atoms with van der Waals surface area (Å²) in [6.45, 7) is 9.66. The Bertz CT molecular complexity index is 228. The monoisotopic (exact) mass is 198 g/mol. The molecule has 1 rings (SSSR count). The minimum Gasteiger partial charge on any atom is -0.341 e. The molecule has 0 aromatic heterocycles. The predicted molar refractivity (Wildman–Crippen MR) is 57.9 cm³/mol. The number of nitrogens with zero attached hydrogens (tertiary/aromatic N) is 1. The number of hydrogen-bond acceptors (Lipinski definition) is 2. The molecule has 3 nitrogen and oxygen atoms in total. The first-order valence-electron chi connectivity index (χ1n) is 5.31. The molecule has 14 heavy (non-hydrogen) atoms. The lowest BCUT2D eigenvalue weighted by Crippen LogP contribution is -2.55. The first-order valence-corrected chi connectivity index (χ1v) is 5.31. The van der Waals surface area contributed by atoms with Gasteiger partial charge in [-0.05, 0) is 32.1 Å². The molecule has 0 aliphatic carbocycles. The minimum absolute atomic E-state index is 0.0743. The quantitative estimate of drug-likeness (QED) is 0.691. The lowest BCUT2D eigenvalue weighted by Gasteiger charge is -2.40. The van der Waals surface area contributed by atoms with Crippen molar-refractivity contribution in [1.29, 1.82) is 0 Å². The maximum atomic E-state index is 11.9. The Balaban J connectivity index is 2.66. The molecule has 0 spiro atoms. The first kappa shape index (κ1) is 11.5. The van der Waals surface area contributed by atoms with Crippen LogP contribution in [0.3, 0.4) is 0 Å². The minimum atomic E-state index is -0.729. The third-order valence-corrected chi connectivity index (χ3v) is 2.74. The summed E-state index contributed by atoms with van der Waals surface area (Å²) in [5, 5.41) is 0. The van der Waals surface area contributed by atoms with Gasteiger partial charge in [-0.1, -0.05) is 13.8 Å². The molecule has 0 aromatic rings. The van der Waals surface area contributed by atoms with Crippen molar-refractivity contribution < 1.29 is 4.79 Å². The highest BCUT2D eigenvalue weighted by Gasteiger charge is 2.34. The van der Waals surface area contributed by atoms with Gasteiger partial charge in [-0.2, -0.15) is 0 Å². The van der Waals surface area contributed by atoms with E-state index in [1.165, 1.54) is 6.42 Å². The molecule has 2 N–H and O–H groups in total. The van der Waals surface area contributed by atoms with Crippen molar-refractivity contribution in [1.82, 2.24) is 4.90 Å². The van der Waals surface area contributed by atoms with Crippen LogP contribution >= 0.6 is 0 Å². The van der Waals surface area contributed by atoms with Gasteiger partial charge in [0.05, 0.1) is 5.54 Å². The lowest BCUT2D eigenvalue weighted by atomic mass is 9.83. The van der Waals surface area contributed by atoms with Crippen LogP contribution in [0.25, 0.3) is 0 Å². The maximum absolute atomic E-state index is 11.9. The Morgan fingerprint density at radius 3 is 2.43 bits per heavy atom. The van der Waals surface area contributed by atoms with Crippen molar-refractivity contribution in [3.8, 4) is 0 Å². The fraction of sp³-hybridized carbons (Fsp3) is 0.909. The summed E-state index contributed by atoms with van der Waals surface area (Å²) < 4.78 is 0. The number of likely N-dealkylation sites (tertiary alicyclic amines) is 1. The number of piperidine rings is 1. The molecule has 82 valence electrons. The van der Waals surface area contributed by atoms with Crippen molar-refractivity contribution in [3.05, 3.63) is 0 Å². The van der Waals surface area contributed by atoms with E-state index in [1.54, 1.807) is 13.8 Å². The number of amides is 1. The van der Waals surface area contributed by atoms with Crippen molar-refractivity contribution in [2.45, 2.75) is 46.1 Å². The van der Waals surface area contributed by atoms with Crippen LogP contribution in [0.2, 0.25) is 0 Å². The van der Waals surface area contributed by atoms with E-state index in [0.29, 0.717) is 0 Å². The molecule has 1 fully saturated rings. The third kappa shape index (κ3) is 2.71. The molecule has 0 aromatic carbocycles. The number of hydrogen-bond donors (Lipinski definition) is 1. The van der Waals surface area contributed by atoms with Gasteiger partial charge in [0.15, 0.2) is 0 Å². The van der Waals surface area contributed by atoms with Crippen LogP contribution < -0.4 is 5.73 Å². The number of nitrogens with two attached hydrogens (primary N) is 1. The molecule has 0 radical (unpaired) electrons. The highest BCUT2D eigenvalue weighted by Crippen LogP contribution is 2.29. The van der Waals surface area contributed by atoms with E-state index in [9.17, 15) is 4.79 Å². The van der Waals surface area contributed by atoms with E-state index in [2.05, 4.69) is 13.8 Å². The van der Waals surface area contributed by atoms with E-state index in [4.69, 9.17) is 5.73 Å². The number of rotatable bonds is 1. The van der Waals surface area contributed by atoms with Gasteiger partial charge in [0.2, 0.25) is 5.91 Å².